The Kier molecular flexibility index (Phi) is 9.80. The van der Waals surface area contributed by atoms with Crippen LogP contribution in [0.15, 0.2) is 49.1 Å². The Hall–Kier alpha value is -1.04. The van der Waals surface area contributed by atoms with Crippen LogP contribution in [-0.4, -0.2) is 0 Å². The van der Waals surface area contributed by atoms with Gasteiger partial charge in [0, 0.05) is 0 Å². The molecule has 0 rings (SSSR count). The minimum Gasteiger partial charge on any atom is -0.103 e. The zero-order valence-electron chi connectivity index (χ0n) is 10.9. The van der Waals surface area contributed by atoms with Crippen molar-refractivity contribution in [2.24, 2.45) is 5.92 Å². The molecule has 0 aromatic heterocycles. The maximum absolute atomic E-state index is 3.80. The molecule has 1 unspecified atom stereocenters. The first-order chi connectivity index (χ1) is 7.70. The molecular weight excluding hydrogens is 192 g/mol. The van der Waals surface area contributed by atoms with E-state index in [-0.39, 0.29) is 0 Å². The zero-order valence-corrected chi connectivity index (χ0v) is 10.9. The Morgan fingerprint density at radius 2 is 2.00 bits per heavy atom. The molecule has 0 N–H and O–H groups in total. The second-order valence-electron chi connectivity index (χ2n) is 4.40. The van der Waals surface area contributed by atoms with Crippen molar-refractivity contribution in [2.45, 2.75) is 46.0 Å². The second-order valence-corrected chi connectivity index (χ2v) is 4.40. The molecule has 0 fully saturated rings. The molecule has 0 aliphatic carbocycles. The van der Waals surface area contributed by atoms with Gasteiger partial charge in [0.05, 0.1) is 0 Å². The first-order valence-electron chi connectivity index (χ1n) is 6.26. The van der Waals surface area contributed by atoms with Crippen molar-refractivity contribution in [3.8, 4) is 0 Å². The number of rotatable bonds is 9. The van der Waals surface area contributed by atoms with Crippen molar-refractivity contribution in [1.82, 2.24) is 0 Å². The van der Waals surface area contributed by atoms with E-state index in [0.29, 0.717) is 5.92 Å². The van der Waals surface area contributed by atoms with Crippen LogP contribution in [0.1, 0.15) is 46.0 Å². The van der Waals surface area contributed by atoms with Crippen LogP contribution in [0.2, 0.25) is 0 Å². The van der Waals surface area contributed by atoms with Crippen LogP contribution < -0.4 is 0 Å². The van der Waals surface area contributed by atoms with Crippen LogP contribution in [0.3, 0.4) is 0 Å². The molecule has 0 nitrogen and oxygen atoms in total. The molecule has 0 radical (unpaired) electrons. The third-order valence-corrected chi connectivity index (χ3v) is 2.73. The molecule has 1 atom stereocenters. The SMILES string of the molecule is C=CC=CCCCC(C)=CCCC(C)C=C. The van der Waals surface area contributed by atoms with E-state index in [9.17, 15) is 0 Å². The summed E-state index contributed by atoms with van der Waals surface area (Å²) in [6.45, 7) is 11.9. The number of hydrogen-bond donors (Lipinski definition) is 0. The van der Waals surface area contributed by atoms with Crippen molar-refractivity contribution in [2.75, 3.05) is 0 Å². The average Bonchev–Trinajstić information content (AvgIpc) is 2.28. The normalized spacial score (nSPS) is 14.0. The lowest BCUT2D eigenvalue weighted by Crippen LogP contribution is -1.87. The van der Waals surface area contributed by atoms with Gasteiger partial charge in [-0.2, -0.15) is 0 Å². The summed E-state index contributed by atoms with van der Waals surface area (Å²) in [7, 11) is 0. The molecule has 0 saturated heterocycles. The van der Waals surface area contributed by atoms with E-state index in [2.05, 4.69) is 39.2 Å². The van der Waals surface area contributed by atoms with Gasteiger partial charge in [-0.15, -0.1) is 6.58 Å². The summed E-state index contributed by atoms with van der Waals surface area (Å²) in [6, 6.07) is 0. The highest BCUT2D eigenvalue weighted by atomic mass is 14.0. The lowest BCUT2D eigenvalue weighted by molar-refractivity contribution is 0.656. The highest BCUT2D eigenvalue weighted by Crippen LogP contribution is 2.12. The van der Waals surface area contributed by atoms with E-state index in [4.69, 9.17) is 0 Å². The van der Waals surface area contributed by atoms with Crippen LogP contribution in [0.4, 0.5) is 0 Å². The molecule has 0 heteroatoms. The molecule has 0 heterocycles. The van der Waals surface area contributed by atoms with Crippen LogP contribution in [0.25, 0.3) is 0 Å². The van der Waals surface area contributed by atoms with Gasteiger partial charge in [-0.3, -0.25) is 0 Å². The summed E-state index contributed by atoms with van der Waals surface area (Å²) in [5, 5.41) is 0. The quantitative estimate of drug-likeness (QED) is 0.274. The predicted molar refractivity (Wildman–Crippen MR) is 75.5 cm³/mol. The Morgan fingerprint density at radius 1 is 1.25 bits per heavy atom. The van der Waals surface area contributed by atoms with Crippen LogP contribution in [-0.2, 0) is 0 Å². The van der Waals surface area contributed by atoms with Gasteiger partial charge in [-0.1, -0.05) is 49.5 Å². The summed E-state index contributed by atoms with van der Waals surface area (Å²) < 4.78 is 0. The molecule has 0 amide bonds. The maximum Gasteiger partial charge on any atom is -0.0262 e. The maximum atomic E-state index is 3.80. The average molecular weight is 218 g/mol. The lowest BCUT2D eigenvalue weighted by Gasteiger charge is -2.03. The zero-order chi connectivity index (χ0) is 12.2. The Morgan fingerprint density at radius 3 is 2.62 bits per heavy atom. The monoisotopic (exact) mass is 218 g/mol. The van der Waals surface area contributed by atoms with Gasteiger partial charge in [-0.05, 0) is 44.9 Å². The third kappa shape index (κ3) is 9.51. The summed E-state index contributed by atoms with van der Waals surface area (Å²) in [5.74, 6) is 0.638. The molecule has 16 heavy (non-hydrogen) atoms. The third-order valence-electron chi connectivity index (χ3n) is 2.73. The smallest absolute Gasteiger partial charge is 0.0262 e. The first-order valence-corrected chi connectivity index (χ1v) is 6.26. The van der Waals surface area contributed by atoms with E-state index < -0.39 is 0 Å². The molecule has 0 saturated carbocycles. The fourth-order valence-electron chi connectivity index (χ4n) is 1.50. The Bertz CT molecular complexity index is 243. The fraction of sp³-hybridized carbons (Fsp3) is 0.500. The lowest BCUT2D eigenvalue weighted by atomic mass is 10.0. The molecule has 0 aliphatic rings. The molecular formula is C16H26. The Balaban J connectivity index is 3.58. The molecule has 0 spiro atoms. The molecule has 0 aliphatic heterocycles. The van der Waals surface area contributed by atoms with Crippen LogP contribution in [0, 0.1) is 5.92 Å². The highest BCUT2D eigenvalue weighted by molar-refractivity contribution is 5.00. The van der Waals surface area contributed by atoms with E-state index in [0.717, 1.165) is 6.42 Å². The predicted octanol–water partition coefficient (Wildman–Crippen LogP) is 5.45. The summed E-state index contributed by atoms with van der Waals surface area (Å²) in [6.07, 6.45) is 16.4. The second kappa shape index (κ2) is 10.5. The van der Waals surface area contributed by atoms with E-state index in [1.165, 1.54) is 31.3 Å². The highest BCUT2D eigenvalue weighted by Gasteiger charge is 1.94. The number of allylic oxidation sites excluding steroid dienone is 6. The summed E-state index contributed by atoms with van der Waals surface area (Å²) in [5.41, 5.74) is 1.52. The summed E-state index contributed by atoms with van der Waals surface area (Å²) >= 11 is 0. The van der Waals surface area contributed by atoms with Crippen molar-refractivity contribution < 1.29 is 0 Å². The minimum atomic E-state index is 0.638. The van der Waals surface area contributed by atoms with Gasteiger partial charge in [0.25, 0.3) is 0 Å². The standard InChI is InChI=1S/C16H26/c1-5-7-8-9-10-12-16(4)14-11-13-15(3)6-2/h5-8,14-15H,1-2,9-13H2,3-4H3. The van der Waals surface area contributed by atoms with Gasteiger partial charge in [0.1, 0.15) is 0 Å². The number of unbranched alkanes of at least 4 members (excludes halogenated alkanes) is 1. The molecule has 90 valence electrons. The van der Waals surface area contributed by atoms with Gasteiger partial charge in [0.2, 0.25) is 0 Å². The van der Waals surface area contributed by atoms with E-state index >= 15 is 0 Å². The van der Waals surface area contributed by atoms with Gasteiger partial charge in [-0.25, -0.2) is 0 Å². The Labute approximate surface area is 101 Å². The van der Waals surface area contributed by atoms with E-state index in [1.54, 1.807) is 0 Å². The minimum absolute atomic E-state index is 0.638. The summed E-state index contributed by atoms with van der Waals surface area (Å²) in [4.78, 5) is 0. The van der Waals surface area contributed by atoms with E-state index in [1.807, 2.05) is 18.2 Å². The van der Waals surface area contributed by atoms with Crippen molar-refractivity contribution in [3.63, 3.8) is 0 Å². The fourth-order valence-corrected chi connectivity index (χ4v) is 1.50. The number of hydrogen-bond acceptors (Lipinski definition) is 0. The van der Waals surface area contributed by atoms with Crippen LogP contribution in [0.5, 0.6) is 0 Å². The van der Waals surface area contributed by atoms with Crippen molar-refractivity contribution in [3.05, 3.63) is 49.1 Å². The molecule has 0 aromatic rings. The largest absolute Gasteiger partial charge is 0.103 e. The van der Waals surface area contributed by atoms with Gasteiger partial charge in [0.15, 0.2) is 0 Å². The van der Waals surface area contributed by atoms with Crippen molar-refractivity contribution >= 4 is 0 Å². The van der Waals surface area contributed by atoms with Gasteiger partial charge >= 0.3 is 0 Å². The first kappa shape index (κ1) is 15.0. The topological polar surface area (TPSA) is 0 Å². The van der Waals surface area contributed by atoms with Crippen LogP contribution >= 0.6 is 0 Å². The van der Waals surface area contributed by atoms with Gasteiger partial charge < -0.3 is 0 Å². The molecule has 0 bridgehead atoms. The van der Waals surface area contributed by atoms with Crippen molar-refractivity contribution in [1.29, 1.82) is 0 Å². The molecule has 0 aromatic carbocycles.